The lowest BCUT2D eigenvalue weighted by Crippen LogP contribution is -2.25. The van der Waals surface area contributed by atoms with E-state index in [2.05, 4.69) is 236 Å². The summed E-state index contributed by atoms with van der Waals surface area (Å²) in [6.45, 7) is 25.7. The van der Waals surface area contributed by atoms with E-state index in [4.69, 9.17) is 9.72 Å². The van der Waals surface area contributed by atoms with Crippen LogP contribution in [-0.4, -0.2) is 16.2 Å². The first-order valence-electron chi connectivity index (χ1n) is 22.1. The van der Waals surface area contributed by atoms with Crippen LogP contribution in [0.15, 0.2) is 152 Å². The average Bonchev–Trinajstić information content (AvgIpc) is 3.79. The molecule has 0 fully saturated rings. The Kier molecular flexibility index (Phi) is 9.89. The highest BCUT2D eigenvalue weighted by Gasteiger charge is 2.31. The first-order chi connectivity index (χ1) is 29.4. The molecule has 0 atom stereocenters. The molecule has 62 heavy (non-hydrogen) atoms. The van der Waals surface area contributed by atoms with E-state index in [0.717, 1.165) is 34.0 Å². The quantitative estimate of drug-likeness (QED) is 0.160. The standard InChI is InChI=1S/C57H60N4O/c1-54(2,3)38-21-24-43(25-22-38)59-37-60(51-20-16-15-19-50(51)59)44-31-42(57(10,11)39-17-13-12-14-18-39)32-46(35-44)62-45-26-27-47-48-33-40(55(4,5)6)23-28-49(48)61(52(47)36-45)53-34-41(29-30-58-53)56(7,8)9/h12-36H,37H2,1-11H3. The Hall–Kier alpha value is -6.33. The lowest BCUT2D eigenvalue weighted by atomic mass is 9.78. The fraction of sp³-hybridized carbons (Fsp3) is 0.281. The maximum Gasteiger partial charge on any atom is 0.137 e. The van der Waals surface area contributed by atoms with E-state index in [-0.39, 0.29) is 21.7 Å². The van der Waals surface area contributed by atoms with Crippen LogP contribution in [0.3, 0.4) is 0 Å². The Morgan fingerprint density at radius 1 is 0.435 bits per heavy atom. The maximum atomic E-state index is 7.07. The van der Waals surface area contributed by atoms with E-state index < -0.39 is 0 Å². The van der Waals surface area contributed by atoms with Crippen LogP contribution >= 0.6 is 0 Å². The summed E-state index contributed by atoms with van der Waals surface area (Å²) in [5.74, 6) is 2.46. The summed E-state index contributed by atoms with van der Waals surface area (Å²) in [7, 11) is 0. The van der Waals surface area contributed by atoms with Gasteiger partial charge < -0.3 is 14.5 Å². The first kappa shape index (κ1) is 41.0. The van der Waals surface area contributed by atoms with E-state index in [1.54, 1.807) is 0 Å². The molecular formula is C57H60N4O. The van der Waals surface area contributed by atoms with Crippen molar-refractivity contribution >= 4 is 44.6 Å². The highest BCUT2D eigenvalue weighted by molar-refractivity contribution is 6.09. The Labute approximate surface area is 368 Å². The molecule has 0 amide bonds. The molecule has 0 spiro atoms. The van der Waals surface area contributed by atoms with Crippen LogP contribution in [0.2, 0.25) is 0 Å². The fourth-order valence-electron chi connectivity index (χ4n) is 8.90. The molecule has 0 saturated heterocycles. The number of ether oxygens (including phenoxy) is 1. The Bertz CT molecular complexity index is 2940. The highest BCUT2D eigenvalue weighted by atomic mass is 16.5. The molecule has 3 heterocycles. The van der Waals surface area contributed by atoms with Gasteiger partial charge in [0.05, 0.1) is 22.4 Å². The number of benzene rings is 6. The zero-order valence-electron chi connectivity index (χ0n) is 38.3. The number of rotatable bonds is 7. The Morgan fingerprint density at radius 2 is 1.05 bits per heavy atom. The molecular weight excluding hydrogens is 757 g/mol. The average molecular weight is 817 g/mol. The van der Waals surface area contributed by atoms with E-state index in [1.165, 1.54) is 55.7 Å². The number of anilines is 4. The normalized spacial score (nSPS) is 13.6. The van der Waals surface area contributed by atoms with Gasteiger partial charge in [-0.1, -0.05) is 137 Å². The molecule has 8 aromatic rings. The molecule has 5 nitrogen and oxygen atoms in total. The van der Waals surface area contributed by atoms with Gasteiger partial charge >= 0.3 is 0 Å². The number of nitrogens with zero attached hydrogens (tertiary/aromatic N) is 4. The van der Waals surface area contributed by atoms with Gasteiger partial charge in [-0.25, -0.2) is 4.98 Å². The van der Waals surface area contributed by atoms with E-state index in [1.807, 2.05) is 6.20 Å². The second-order valence-corrected chi connectivity index (χ2v) is 20.7. The van der Waals surface area contributed by atoms with E-state index >= 15 is 0 Å². The number of fused-ring (bicyclic) bond motifs is 4. The van der Waals surface area contributed by atoms with Crippen molar-refractivity contribution in [2.24, 2.45) is 0 Å². The summed E-state index contributed by atoms with van der Waals surface area (Å²) in [5.41, 5.74) is 12.8. The van der Waals surface area contributed by atoms with Gasteiger partial charge in [0.1, 0.15) is 24.0 Å². The highest BCUT2D eigenvalue weighted by Crippen LogP contribution is 2.47. The van der Waals surface area contributed by atoms with Crippen molar-refractivity contribution in [3.05, 3.63) is 180 Å². The van der Waals surface area contributed by atoms with Crippen molar-refractivity contribution in [2.75, 3.05) is 16.5 Å². The third kappa shape index (κ3) is 7.52. The van der Waals surface area contributed by atoms with Crippen molar-refractivity contribution in [3.63, 3.8) is 0 Å². The zero-order chi connectivity index (χ0) is 43.8. The van der Waals surface area contributed by atoms with Gasteiger partial charge in [-0.15, -0.1) is 0 Å². The van der Waals surface area contributed by atoms with E-state index in [9.17, 15) is 0 Å². The monoisotopic (exact) mass is 816 g/mol. The molecule has 1 aliphatic heterocycles. The third-order valence-electron chi connectivity index (χ3n) is 12.9. The van der Waals surface area contributed by atoms with Crippen molar-refractivity contribution < 1.29 is 4.74 Å². The van der Waals surface area contributed by atoms with Crippen LogP contribution in [0.5, 0.6) is 11.5 Å². The molecule has 9 rings (SSSR count). The second kappa shape index (κ2) is 14.9. The predicted molar refractivity (Wildman–Crippen MR) is 262 cm³/mol. The lowest BCUT2D eigenvalue weighted by molar-refractivity contribution is 0.480. The predicted octanol–water partition coefficient (Wildman–Crippen LogP) is 15.4. The zero-order valence-corrected chi connectivity index (χ0v) is 38.3. The van der Waals surface area contributed by atoms with Crippen LogP contribution < -0.4 is 14.5 Å². The van der Waals surface area contributed by atoms with Crippen LogP contribution in [0.25, 0.3) is 27.6 Å². The Morgan fingerprint density at radius 3 is 1.71 bits per heavy atom. The fourth-order valence-corrected chi connectivity index (χ4v) is 8.90. The summed E-state index contributed by atoms with van der Waals surface area (Å²) < 4.78 is 9.38. The first-order valence-corrected chi connectivity index (χ1v) is 22.1. The SMILES string of the molecule is CC(C)(C)c1ccc(N2CN(c3cc(Oc4ccc5c6cc(C(C)(C)C)ccc6n(-c6cc(C(C)(C)C)ccn6)c5c4)cc(C(C)(C)c4ccccc4)c3)c3ccccc32)cc1. The molecule has 0 bridgehead atoms. The van der Waals surface area contributed by atoms with Crippen LogP contribution in [0, 0.1) is 0 Å². The second-order valence-electron chi connectivity index (χ2n) is 20.7. The number of pyridine rings is 1. The van der Waals surface area contributed by atoms with Gasteiger partial charge in [0.2, 0.25) is 0 Å². The minimum absolute atomic E-state index is 0.0100. The largest absolute Gasteiger partial charge is 0.457 e. The van der Waals surface area contributed by atoms with Gasteiger partial charge in [-0.3, -0.25) is 4.57 Å². The van der Waals surface area contributed by atoms with E-state index in [0.29, 0.717) is 6.67 Å². The molecule has 0 N–H and O–H groups in total. The molecule has 0 saturated carbocycles. The molecule has 5 heteroatoms. The lowest BCUT2D eigenvalue weighted by Gasteiger charge is -2.29. The molecule has 6 aromatic carbocycles. The topological polar surface area (TPSA) is 33.5 Å². The van der Waals surface area contributed by atoms with Gasteiger partial charge in [0, 0.05) is 45.9 Å². The molecule has 1 aliphatic rings. The van der Waals surface area contributed by atoms with Crippen LogP contribution in [0.4, 0.5) is 22.7 Å². The van der Waals surface area contributed by atoms with Gasteiger partial charge in [0.25, 0.3) is 0 Å². The summed E-state index contributed by atoms with van der Waals surface area (Å²) in [6.07, 6.45) is 1.94. The summed E-state index contributed by atoms with van der Waals surface area (Å²) in [4.78, 5) is 9.81. The van der Waals surface area contributed by atoms with Crippen molar-refractivity contribution in [2.45, 2.75) is 97.8 Å². The molecule has 2 aromatic heterocycles. The van der Waals surface area contributed by atoms with Crippen molar-refractivity contribution in [1.82, 2.24) is 9.55 Å². The van der Waals surface area contributed by atoms with Crippen molar-refractivity contribution in [1.29, 1.82) is 0 Å². The minimum Gasteiger partial charge on any atom is -0.457 e. The summed E-state index contributed by atoms with van der Waals surface area (Å²) in [6, 6.07) is 53.2. The molecule has 0 unspecified atom stereocenters. The Balaban J connectivity index is 1.18. The number of aromatic nitrogens is 2. The molecule has 0 radical (unpaired) electrons. The summed E-state index contributed by atoms with van der Waals surface area (Å²) >= 11 is 0. The molecule has 314 valence electrons. The van der Waals surface area contributed by atoms with Gasteiger partial charge in [-0.2, -0.15) is 0 Å². The minimum atomic E-state index is -0.304. The molecule has 0 aliphatic carbocycles. The van der Waals surface area contributed by atoms with Crippen molar-refractivity contribution in [3.8, 4) is 17.3 Å². The van der Waals surface area contributed by atoms with Gasteiger partial charge in [0.15, 0.2) is 0 Å². The van der Waals surface area contributed by atoms with Crippen LogP contribution in [-0.2, 0) is 21.7 Å². The summed E-state index contributed by atoms with van der Waals surface area (Å²) in [5, 5.41) is 2.38. The smallest absolute Gasteiger partial charge is 0.137 e. The number of hydrogen-bond donors (Lipinski definition) is 0. The third-order valence-corrected chi connectivity index (χ3v) is 12.9. The van der Waals surface area contributed by atoms with Gasteiger partial charge in [-0.05, 0) is 117 Å². The van der Waals surface area contributed by atoms with Crippen LogP contribution in [0.1, 0.15) is 104 Å². The maximum absolute atomic E-state index is 7.07. The number of hydrogen-bond acceptors (Lipinski definition) is 4. The number of para-hydroxylation sites is 2.